The molecule has 0 saturated carbocycles. The van der Waals surface area contributed by atoms with Crippen molar-refractivity contribution in [2.24, 2.45) is 0 Å². The van der Waals surface area contributed by atoms with Gasteiger partial charge in [0.05, 0.1) is 22.7 Å². The van der Waals surface area contributed by atoms with Crippen molar-refractivity contribution in [1.82, 2.24) is 44.9 Å². The second kappa shape index (κ2) is 11.7. The van der Waals surface area contributed by atoms with Crippen molar-refractivity contribution in [3.63, 3.8) is 0 Å². The number of rotatable bonds is 3. The van der Waals surface area contributed by atoms with E-state index in [1.165, 1.54) is 5.56 Å². The Labute approximate surface area is 229 Å². The summed E-state index contributed by atoms with van der Waals surface area (Å²) in [6.07, 6.45) is 3.61. The van der Waals surface area contributed by atoms with Gasteiger partial charge in [0.1, 0.15) is 28.8 Å². The molecule has 6 rings (SSSR count). The molecule has 0 unspecified atom stereocenters. The van der Waals surface area contributed by atoms with Crippen molar-refractivity contribution in [2.75, 3.05) is 0 Å². The molecule has 9 heteroatoms. The molecule has 5 heterocycles. The number of aromatic nitrogens is 9. The molecule has 9 nitrogen and oxygen atoms in total. The first-order valence-electron chi connectivity index (χ1n) is 13.5. The molecule has 0 amide bonds. The van der Waals surface area contributed by atoms with E-state index in [0.29, 0.717) is 17.8 Å². The lowest BCUT2D eigenvalue weighted by Gasteiger charge is -1.95. The number of aryl methyl sites for hydroxylation is 3. The highest BCUT2D eigenvalue weighted by molar-refractivity contribution is 5.76. The van der Waals surface area contributed by atoms with E-state index in [0.717, 1.165) is 62.2 Å². The molecule has 0 bridgehead atoms. The predicted octanol–water partition coefficient (Wildman–Crippen LogP) is 7.17. The van der Waals surface area contributed by atoms with Crippen LogP contribution in [0, 0.1) is 20.8 Å². The zero-order chi connectivity index (χ0) is 28.3. The van der Waals surface area contributed by atoms with Gasteiger partial charge in [-0.3, -0.25) is 0 Å². The highest BCUT2D eigenvalue weighted by Crippen LogP contribution is 2.18. The Balaban J connectivity index is 0.000000136. The quantitative estimate of drug-likeness (QED) is 0.225. The number of hydrogen-bond acceptors (Lipinski definition) is 6. The van der Waals surface area contributed by atoms with Crippen LogP contribution in [0.15, 0.2) is 36.7 Å². The minimum Gasteiger partial charge on any atom is -0.342 e. The Bertz CT molecular complexity index is 1490. The van der Waals surface area contributed by atoms with E-state index < -0.39 is 0 Å². The number of hydrogen-bond donors (Lipinski definition) is 3. The number of imidazole rings is 3. The normalized spacial score (nSPS) is 11.4. The zero-order valence-corrected chi connectivity index (χ0v) is 24.4. The first-order chi connectivity index (χ1) is 18.5. The fourth-order valence-corrected chi connectivity index (χ4v) is 3.90. The van der Waals surface area contributed by atoms with Crippen LogP contribution < -0.4 is 0 Å². The van der Waals surface area contributed by atoms with Crippen LogP contribution in [-0.2, 0) is 0 Å². The van der Waals surface area contributed by atoms with Gasteiger partial charge in [-0.05, 0) is 50.1 Å². The maximum absolute atomic E-state index is 4.50. The highest BCUT2D eigenvalue weighted by atomic mass is 15.0. The van der Waals surface area contributed by atoms with Crippen LogP contribution >= 0.6 is 0 Å². The fourth-order valence-electron chi connectivity index (χ4n) is 3.90. The molecule has 0 aliphatic rings. The number of H-pyrrole nitrogens is 3. The van der Waals surface area contributed by atoms with Crippen molar-refractivity contribution in [1.29, 1.82) is 0 Å². The van der Waals surface area contributed by atoms with E-state index in [4.69, 9.17) is 0 Å². The van der Waals surface area contributed by atoms with Crippen LogP contribution in [0.5, 0.6) is 0 Å². The van der Waals surface area contributed by atoms with Gasteiger partial charge in [-0.15, -0.1) is 0 Å². The summed E-state index contributed by atoms with van der Waals surface area (Å²) < 4.78 is 0. The van der Waals surface area contributed by atoms with Gasteiger partial charge in [-0.2, -0.15) is 0 Å². The van der Waals surface area contributed by atoms with Crippen molar-refractivity contribution in [2.45, 2.75) is 80.1 Å². The van der Waals surface area contributed by atoms with Crippen LogP contribution in [-0.4, -0.2) is 44.9 Å². The van der Waals surface area contributed by atoms with E-state index >= 15 is 0 Å². The number of pyridine rings is 1. The summed E-state index contributed by atoms with van der Waals surface area (Å²) in [6, 6.07) is 8.36. The predicted molar refractivity (Wildman–Crippen MR) is 158 cm³/mol. The molecule has 1 aromatic carbocycles. The first kappa shape index (κ1) is 27.9. The third kappa shape index (κ3) is 6.85. The average molecular weight is 526 g/mol. The number of nitrogens with one attached hydrogen (secondary N) is 3. The molecule has 6 aromatic rings. The summed E-state index contributed by atoms with van der Waals surface area (Å²) in [5, 5.41) is 0. The Morgan fingerprint density at radius 3 is 1.77 bits per heavy atom. The standard InChI is InChI=1S/C11H14N2.C10H13N3.C9H12N4/c1-7(2)11-12-9-5-4-8(3)6-10(9)13-11;1-6(2)9-12-8-4-7(3)5-11-10(8)13-9;1-5(2)8-12-7-4-10-6(3)11-9(7)13-8/h4-7H,1-3H3,(H,12,13);4-6H,1-3H3,(H,11,12,13);4-5H,1-3H3,(H,10,11,12,13). The molecule has 39 heavy (non-hydrogen) atoms. The third-order valence-corrected chi connectivity index (χ3v) is 6.17. The van der Waals surface area contributed by atoms with Crippen LogP contribution in [0.25, 0.3) is 33.4 Å². The summed E-state index contributed by atoms with van der Waals surface area (Å²) in [5.41, 5.74) is 8.15. The van der Waals surface area contributed by atoms with Gasteiger partial charge in [-0.25, -0.2) is 29.9 Å². The Hall–Kier alpha value is -4.14. The first-order valence-corrected chi connectivity index (χ1v) is 13.5. The van der Waals surface area contributed by atoms with Gasteiger partial charge in [0, 0.05) is 24.0 Å². The summed E-state index contributed by atoms with van der Waals surface area (Å²) >= 11 is 0. The van der Waals surface area contributed by atoms with Crippen molar-refractivity contribution < 1.29 is 0 Å². The van der Waals surface area contributed by atoms with Gasteiger partial charge in [0.15, 0.2) is 11.3 Å². The van der Waals surface area contributed by atoms with E-state index in [1.807, 2.05) is 20.0 Å². The van der Waals surface area contributed by atoms with Gasteiger partial charge in [0.25, 0.3) is 0 Å². The summed E-state index contributed by atoms with van der Waals surface area (Å²) in [6.45, 7) is 18.7. The molecular weight excluding hydrogens is 486 g/mol. The van der Waals surface area contributed by atoms with Crippen molar-refractivity contribution in [3.8, 4) is 0 Å². The minimum absolute atomic E-state index is 0.398. The van der Waals surface area contributed by atoms with E-state index in [-0.39, 0.29) is 0 Å². The lowest BCUT2D eigenvalue weighted by molar-refractivity contribution is 0.798. The molecule has 0 saturated heterocycles. The van der Waals surface area contributed by atoms with Gasteiger partial charge in [0.2, 0.25) is 0 Å². The van der Waals surface area contributed by atoms with Crippen LogP contribution in [0.3, 0.4) is 0 Å². The van der Waals surface area contributed by atoms with E-state index in [1.54, 1.807) is 6.20 Å². The summed E-state index contributed by atoms with van der Waals surface area (Å²) in [7, 11) is 0. The maximum atomic E-state index is 4.50. The molecule has 0 atom stereocenters. The largest absolute Gasteiger partial charge is 0.342 e. The lowest BCUT2D eigenvalue weighted by atomic mass is 10.2. The van der Waals surface area contributed by atoms with Crippen molar-refractivity contribution >= 4 is 33.4 Å². The number of nitrogens with zero attached hydrogens (tertiary/aromatic N) is 6. The SMILES string of the molecule is Cc1ccc2nc(C(C)C)[nH]c2c1.Cc1cnc2nc(C(C)C)[nH]c2c1.Cc1ncc2[nH]c(C(C)C)nc2n1. The summed E-state index contributed by atoms with van der Waals surface area (Å²) in [4.78, 5) is 35.6. The summed E-state index contributed by atoms with van der Waals surface area (Å²) in [5.74, 6) is 5.09. The fraction of sp³-hybridized carbons (Fsp3) is 0.400. The monoisotopic (exact) mass is 525 g/mol. The van der Waals surface area contributed by atoms with Crippen LogP contribution in [0.2, 0.25) is 0 Å². The molecule has 0 aliphatic heterocycles. The average Bonchev–Trinajstić information content (AvgIpc) is 3.60. The minimum atomic E-state index is 0.398. The second-order valence-electron chi connectivity index (χ2n) is 10.9. The molecule has 0 spiro atoms. The van der Waals surface area contributed by atoms with Gasteiger partial charge in [-0.1, -0.05) is 47.6 Å². The Kier molecular flexibility index (Phi) is 8.38. The number of benzene rings is 1. The highest BCUT2D eigenvalue weighted by Gasteiger charge is 2.08. The van der Waals surface area contributed by atoms with Gasteiger partial charge < -0.3 is 15.0 Å². The van der Waals surface area contributed by atoms with Crippen LogP contribution in [0.4, 0.5) is 0 Å². The second-order valence-corrected chi connectivity index (χ2v) is 10.9. The lowest BCUT2D eigenvalue weighted by Crippen LogP contribution is -1.88. The smallest absolute Gasteiger partial charge is 0.181 e. The third-order valence-electron chi connectivity index (χ3n) is 6.17. The molecule has 204 valence electrons. The van der Waals surface area contributed by atoms with E-state index in [9.17, 15) is 0 Å². The molecule has 3 N–H and O–H groups in total. The Morgan fingerprint density at radius 1 is 0.538 bits per heavy atom. The topological polar surface area (TPSA) is 125 Å². The molecule has 5 aromatic heterocycles. The van der Waals surface area contributed by atoms with E-state index in [2.05, 4.69) is 118 Å². The van der Waals surface area contributed by atoms with Crippen LogP contribution in [0.1, 0.15) is 93.7 Å². The Morgan fingerprint density at radius 2 is 1.10 bits per heavy atom. The zero-order valence-electron chi connectivity index (χ0n) is 24.4. The molecule has 0 aliphatic carbocycles. The van der Waals surface area contributed by atoms with Crippen molar-refractivity contribution in [3.05, 3.63) is 71.1 Å². The number of fused-ring (bicyclic) bond motifs is 3. The van der Waals surface area contributed by atoms with Gasteiger partial charge >= 0.3 is 0 Å². The molecule has 0 fully saturated rings. The number of aromatic amines is 3. The maximum Gasteiger partial charge on any atom is 0.181 e. The molecule has 0 radical (unpaired) electrons. The molecular formula is C30H39N9.